The summed E-state index contributed by atoms with van der Waals surface area (Å²) in [6.07, 6.45) is 14.5. The van der Waals surface area contributed by atoms with Crippen LogP contribution in [0.3, 0.4) is 0 Å². The number of cyclic esters (lactones) is 1. The van der Waals surface area contributed by atoms with E-state index in [4.69, 9.17) is 18.9 Å². The minimum atomic E-state index is -1.41. The first kappa shape index (κ1) is 33.0. The van der Waals surface area contributed by atoms with Gasteiger partial charge in [-0.2, -0.15) is 0 Å². The lowest BCUT2D eigenvalue weighted by molar-refractivity contribution is -0.315. The van der Waals surface area contributed by atoms with Crippen LogP contribution < -0.4 is 0 Å². The summed E-state index contributed by atoms with van der Waals surface area (Å²) < 4.78 is 23.1. The van der Waals surface area contributed by atoms with E-state index in [9.17, 15) is 19.8 Å². The second-order valence-corrected chi connectivity index (χ2v) is 11.2. The molecule has 6 unspecified atom stereocenters. The highest BCUT2D eigenvalue weighted by atomic mass is 16.7. The molecule has 2 N–H and O–H groups in total. The van der Waals surface area contributed by atoms with Crippen LogP contribution in [0.2, 0.25) is 0 Å². The van der Waals surface area contributed by atoms with Gasteiger partial charge in [-0.3, -0.25) is 9.59 Å². The van der Waals surface area contributed by atoms with Gasteiger partial charge in [0.25, 0.3) is 0 Å². The van der Waals surface area contributed by atoms with Crippen LogP contribution in [0.5, 0.6) is 0 Å². The van der Waals surface area contributed by atoms with Gasteiger partial charge in [0, 0.05) is 13.3 Å². The third kappa shape index (κ3) is 13.2. The summed E-state index contributed by atoms with van der Waals surface area (Å²) >= 11 is 0. The summed E-state index contributed by atoms with van der Waals surface area (Å²) in [5.41, 5.74) is 0. The van der Waals surface area contributed by atoms with Crippen LogP contribution in [0.25, 0.3) is 0 Å². The molecular weight excluding hydrogens is 488 g/mol. The fraction of sp³-hybridized carbons (Fsp3) is 0.933. The van der Waals surface area contributed by atoms with Crippen LogP contribution in [-0.4, -0.2) is 65.6 Å². The van der Waals surface area contributed by atoms with E-state index in [0.717, 1.165) is 70.6 Å². The Morgan fingerprint density at radius 1 is 0.842 bits per heavy atom. The Kier molecular flexibility index (Phi) is 17.2. The topological polar surface area (TPSA) is 112 Å². The van der Waals surface area contributed by atoms with Crippen molar-refractivity contribution in [1.82, 2.24) is 0 Å². The van der Waals surface area contributed by atoms with Gasteiger partial charge in [0.05, 0.1) is 6.10 Å². The Hall–Kier alpha value is -1.22. The largest absolute Gasteiger partial charge is 0.463 e. The Morgan fingerprint density at radius 3 is 2.11 bits per heavy atom. The van der Waals surface area contributed by atoms with Gasteiger partial charge in [0.1, 0.15) is 24.9 Å². The summed E-state index contributed by atoms with van der Waals surface area (Å²) in [7, 11) is 0. The van der Waals surface area contributed by atoms with E-state index in [1.807, 2.05) is 0 Å². The van der Waals surface area contributed by atoms with E-state index >= 15 is 0 Å². The molecule has 2 bridgehead atoms. The summed E-state index contributed by atoms with van der Waals surface area (Å²) in [5, 5.41) is 21.4. The molecule has 8 heteroatoms. The maximum absolute atomic E-state index is 12.2. The average molecular weight is 543 g/mol. The molecule has 2 saturated heterocycles. The third-order valence-electron chi connectivity index (χ3n) is 7.72. The number of hydrogen-bond donors (Lipinski definition) is 2. The van der Waals surface area contributed by atoms with Gasteiger partial charge < -0.3 is 29.2 Å². The second-order valence-electron chi connectivity index (χ2n) is 11.2. The minimum absolute atomic E-state index is 0.107. The molecule has 2 aliphatic heterocycles. The quantitative estimate of drug-likeness (QED) is 0.251. The highest BCUT2D eigenvalue weighted by molar-refractivity contribution is 5.69. The number of carbonyl (C=O) groups excluding carboxylic acids is 2. The van der Waals surface area contributed by atoms with Crippen molar-refractivity contribution in [3.8, 4) is 0 Å². The van der Waals surface area contributed by atoms with E-state index in [1.54, 1.807) is 0 Å². The van der Waals surface area contributed by atoms with Gasteiger partial charge in [0.15, 0.2) is 12.4 Å². The zero-order chi connectivity index (χ0) is 27.6. The number of rotatable bonds is 11. The van der Waals surface area contributed by atoms with Crippen molar-refractivity contribution in [2.75, 3.05) is 6.61 Å². The predicted molar refractivity (Wildman–Crippen MR) is 145 cm³/mol. The number of ether oxygens (including phenoxy) is 4. The van der Waals surface area contributed by atoms with Gasteiger partial charge in [-0.25, -0.2) is 0 Å². The van der Waals surface area contributed by atoms with Crippen molar-refractivity contribution in [2.45, 2.75) is 173 Å². The maximum Gasteiger partial charge on any atom is 0.305 e. The smallest absolute Gasteiger partial charge is 0.305 e. The van der Waals surface area contributed by atoms with Gasteiger partial charge in [0.2, 0.25) is 0 Å². The molecule has 8 nitrogen and oxygen atoms in total. The Balaban J connectivity index is 2.00. The van der Waals surface area contributed by atoms with Crippen molar-refractivity contribution >= 4 is 11.9 Å². The molecule has 2 heterocycles. The molecule has 0 aromatic rings. The number of esters is 2. The van der Waals surface area contributed by atoms with E-state index in [-0.39, 0.29) is 18.7 Å². The number of aliphatic hydroxyl groups excluding tert-OH is 2. The Morgan fingerprint density at radius 2 is 1.45 bits per heavy atom. The van der Waals surface area contributed by atoms with Crippen molar-refractivity contribution in [3.05, 3.63) is 0 Å². The monoisotopic (exact) mass is 542 g/mol. The van der Waals surface area contributed by atoms with Crippen molar-refractivity contribution in [3.63, 3.8) is 0 Å². The average Bonchev–Trinajstić information content (AvgIpc) is 2.89. The van der Waals surface area contributed by atoms with Crippen LogP contribution in [0.1, 0.15) is 136 Å². The highest BCUT2D eigenvalue weighted by Gasteiger charge is 2.48. The van der Waals surface area contributed by atoms with Crippen molar-refractivity contribution in [2.24, 2.45) is 0 Å². The highest BCUT2D eigenvalue weighted by Crippen LogP contribution is 2.28. The van der Waals surface area contributed by atoms with Crippen LogP contribution in [0.4, 0.5) is 0 Å². The SMILES string of the molecule is CCCCCCCCCCCC1CCCCCCCCCC(=O)OCC2OC(O1)C(OC(C)=O)C(O)C2O. The number of aliphatic hydroxyl groups is 2. The summed E-state index contributed by atoms with van der Waals surface area (Å²) in [4.78, 5) is 24.0. The molecule has 0 aromatic heterocycles. The Labute approximate surface area is 230 Å². The molecule has 2 rings (SSSR count). The summed E-state index contributed by atoms with van der Waals surface area (Å²) in [6, 6.07) is 0. The standard InChI is InChI=1S/C30H54O8/c1-3-4-5-6-7-8-10-13-16-19-24-20-17-14-11-9-12-15-18-21-26(32)35-22-25-27(33)28(34)29(36-23(2)31)30(37-24)38-25/h24-25,27-30,33-34H,3-22H2,1-2H3. The lowest BCUT2D eigenvalue weighted by Crippen LogP contribution is -2.61. The van der Waals surface area contributed by atoms with Crippen LogP contribution in [-0.2, 0) is 28.5 Å². The van der Waals surface area contributed by atoms with Crippen molar-refractivity contribution in [1.29, 1.82) is 0 Å². The molecule has 0 spiro atoms. The normalized spacial score (nSPS) is 30.3. The van der Waals surface area contributed by atoms with Crippen LogP contribution in [0, 0.1) is 0 Å². The van der Waals surface area contributed by atoms with Gasteiger partial charge in [-0.05, 0) is 19.3 Å². The third-order valence-corrected chi connectivity index (χ3v) is 7.72. The fourth-order valence-electron chi connectivity index (χ4n) is 5.39. The molecule has 0 aliphatic carbocycles. The zero-order valence-electron chi connectivity index (χ0n) is 24.0. The predicted octanol–water partition coefficient (Wildman–Crippen LogP) is 5.74. The van der Waals surface area contributed by atoms with Gasteiger partial charge >= 0.3 is 11.9 Å². The first-order chi connectivity index (χ1) is 18.4. The first-order valence-electron chi connectivity index (χ1n) is 15.4. The fourth-order valence-corrected chi connectivity index (χ4v) is 5.39. The van der Waals surface area contributed by atoms with E-state index in [1.165, 1.54) is 51.9 Å². The second kappa shape index (κ2) is 19.8. The molecule has 0 aromatic carbocycles. The number of hydrogen-bond acceptors (Lipinski definition) is 8. The first-order valence-corrected chi connectivity index (χ1v) is 15.4. The molecule has 0 saturated carbocycles. The minimum Gasteiger partial charge on any atom is -0.463 e. The number of fused-ring (bicyclic) bond motifs is 2. The van der Waals surface area contributed by atoms with Crippen LogP contribution in [0.15, 0.2) is 0 Å². The number of carbonyl (C=O) groups is 2. The van der Waals surface area contributed by atoms with E-state index < -0.39 is 36.7 Å². The molecule has 2 aliphatic rings. The molecule has 222 valence electrons. The van der Waals surface area contributed by atoms with Gasteiger partial charge in [-0.1, -0.05) is 103 Å². The summed E-state index contributed by atoms with van der Waals surface area (Å²) in [5.74, 6) is -0.931. The van der Waals surface area contributed by atoms with Crippen LogP contribution >= 0.6 is 0 Å². The molecule has 38 heavy (non-hydrogen) atoms. The van der Waals surface area contributed by atoms with Crippen molar-refractivity contribution < 1.29 is 38.7 Å². The molecule has 0 amide bonds. The zero-order valence-corrected chi connectivity index (χ0v) is 24.0. The van der Waals surface area contributed by atoms with E-state index in [0.29, 0.717) is 6.42 Å². The van der Waals surface area contributed by atoms with Gasteiger partial charge in [-0.15, -0.1) is 0 Å². The summed E-state index contributed by atoms with van der Waals surface area (Å²) in [6.45, 7) is 3.31. The Bertz CT molecular complexity index is 642. The molecule has 2 fully saturated rings. The lowest BCUT2D eigenvalue weighted by Gasteiger charge is -2.42. The lowest BCUT2D eigenvalue weighted by atomic mass is 9.98. The molecular formula is C30H54O8. The maximum atomic E-state index is 12.2. The van der Waals surface area contributed by atoms with E-state index in [2.05, 4.69) is 6.92 Å². The molecule has 0 radical (unpaired) electrons. The number of unbranched alkanes of at least 4 members (excludes halogenated alkanes) is 8. The molecule has 6 atom stereocenters.